The number of aryl methyl sites for hydroxylation is 1. The number of anilines is 6. The Labute approximate surface area is 418 Å². The monoisotopic (exact) mass is 930 g/mol. The topological polar surface area (TPSA) is 6.48 Å². The molecule has 13 rings (SSSR count). The second-order valence-corrected chi connectivity index (χ2v) is 24.9. The molecule has 3 aliphatic rings. The smallest absolute Gasteiger partial charge is 0.249 e. The van der Waals surface area contributed by atoms with E-state index in [0.29, 0.717) is 0 Å². The van der Waals surface area contributed by atoms with Crippen LogP contribution in [-0.2, 0) is 5.41 Å². The molecule has 3 heterocycles. The molecular weight excluding hydrogens is 880 g/mol. The SMILES string of the molecule is Cc1cc2c3c(c1)N(c1ccc(C(C)(C)C)cc1-c1ccccc1)c1cc4c(cc1B3c1ccc(N(c3ccccc3)c3ccccc3)cc1S2)-c1ccccc1[Si]4(c1ccccc1)c1ccccc1. The fourth-order valence-electron chi connectivity index (χ4n) is 11.8. The van der Waals surface area contributed by atoms with Crippen LogP contribution in [-0.4, -0.2) is 14.8 Å². The molecule has 0 spiro atoms. The fourth-order valence-corrected chi connectivity index (χ4v) is 18.3. The Bertz CT molecular complexity index is 3550. The maximum atomic E-state index is 2.66. The first kappa shape index (κ1) is 42.5. The molecule has 0 amide bonds. The lowest BCUT2D eigenvalue weighted by molar-refractivity contribution is 0.590. The standard InChI is InChI=1S/C65H51BN2SSi/c1-44-38-59-64-61(39-44)69-60-41-49(67(47-24-12-6-13-25-47)48-26-14-7-15-27-48)35-36-55(60)66(64)56-42-54-52-32-20-21-33-62(52)70(50-28-16-8-17-29-50,51-30-18-9-19-31-51)63(54)43-58(56)68(59)57-37-34-46(65(2,3)4)40-53(57)45-22-10-5-11-23-45/h5-43H,1-4H3. The lowest BCUT2D eigenvalue weighted by Crippen LogP contribution is -2.73. The second kappa shape index (κ2) is 16.5. The van der Waals surface area contributed by atoms with Gasteiger partial charge in [-0.1, -0.05) is 208 Å². The molecule has 0 radical (unpaired) electrons. The van der Waals surface area contributed by atoms with Crippen LogP contribution in [0, 0.1) is 6.92 Å². The summed E-state index contributed by atoms with van der Waals surface area (Å²) in [5.41, 5.74) is 18.9. The van der Waals surface area contributed by atoms with Crippen LogP contribution >= 0.6 is 11.8 Å². The third-order valence-electron chi connectivity index (χ3n) is 15.0. The molecule has 0 saturated carbocycles. The highest BCUT2D eigenvalue weighted by molar-refractivity contribution is 8.00. The van der Waals surface area contributed by atoms with Crippen molar-refractivity contribution in [1.29, 1.82) is 0 Å². The predicted octanol–water partition coefficient (Wildman–Crippen LogP) is 12.6. The van der Waals surface area contributed by atoms with Gasteiger partial charge in [-0.2, -0.15) is 0 Å². The average Bonchev–Trinajstić information content (AvgIpc) is 3.69. The van der Waals surface area contributed by atoms with E-state index in [1.54, 1.807) is 0 Å². The van der Waals surface area contributed by atoms with Crippen LogP contribution in [0.15, 0.2) is 246 Å². The molecule has 70 heavy (non-hydrogen) atoms. The normalized spacial score (nSPS) is 13.7. The van der Waals surface area contributed by atoms with Crippen LogP contribution in [0.1, 0.15) is 31.9 Å². The summed E-state index contributed by atoms with van der Waals surface area (Å²) in [6.07, 6.45) is 0. The first-order chi connectivity index (χ1) is 34.3. The molecule has 5 heteroatoms. The van der Waals surface area contributed by atoms with Crippen molar-refractivity contribution in [1.82, 2.24) is 0 Å². The molecule has 0 unspecified atom stereocenters. The number of benzene rings is 10. The second-order valence-electron chi connectivity index (χ2n) is 20.1. The van der Waals surface area contributed by atoms with Crippen LogP contribution < -0.4 is 46.9 Å². The summed E-state index contributed by atoms with van der Waals surface area (Å²) in [7, 11) is -2.85. The summed E-state index contributed by atoms with van der Waals surface area (Å²) in [4.78, 5) is 7.66. The van der Waals surface area contributed by atoms with Crippen molar-refractivity contribution in [2.75, 3.05) is 9.80 Å². The minimum Gasteiger partial charge on any atom is -0.311 e. The number of rotatable bonds is 7. The maximum absolute atomic E-state index is 2.85. The molecule has 0 aliphatic carbocycles. The van der Waals surface area contributed by atoms with E-state index >= 15 is 0 Å². The lowest BCUT2D eigenvalue weighted by atomic mass is 9.34. The molecule has 0 fully saturated rings. The highest BCUT2D eigenvalue weighted by Crippen LogP contribution is 2.48. The minimum atomic E-state index is -2.85. The Balaban J connectivity index is 1.12. The van der Waals surface area contributed by atoms with E-state index in [1.165, 1.54) is 97.4 Å². The van der Waals surface area contributed by atoms with Crippen LogP contribution in [0.2, 0.25) is 0 Å². The van der Waals surface area contributed by atoms with Gasteiger partial charge in [0.1, 0.15) is 0 Å². The van der Waals surface area contributed by atoms with Crippen molar-refractivity contribution in [3.63, 3.8) is 0 Å². The van der Waals surface area contributed by atoms with E-state index in [-0.39, 0.29) is 12.1 Å². The van der Waals surface area contributed by atoms with E-state index in [4.69, 9.17) is 0 Å². The van der Waals surface area contributed by atoms with E-state index in [1.807, 2.05) is 11.8 Å². The van der Waals surface area contributed by atoms with Crippen LogP contribution in [0.5, 0.6) is 0 Å². The molecule has 3 aliphatic heterocycles. The van der Waals surface area contributed by atoms with Crippen LogP contribution in [0.4, 0.5) is 34.1 Å². The summed E-state index contributed by atoms with van der Waals surface area (Å²) in [5, 5.41) is 5.71. The Morgan fingerprint density at radius 3 is 1.69 bits per heavy atom. The van der Waals surface area contributed by atoms with Gasteiger partial charge in [0.2, 0.25) is 6.71 Å². The first-order valence-corrected chi connectivity index (χ1v) is 27.3. The molecule has 0 aromatic heterocycles. The van der Waals surface area contributed by atoms with Gasteiger partial charge in [-0.25, -0.2) is 0 Å². The quantitative estimate of drug-likeness (QED) is 0.147. The van der Waals surface area contributed by atoms with Gasteiger partial charge in [0.15, 0.2) is 8.07 Å². The highest BCUT2D eigenvalue weighted by Gasteiger charge is 2.51. The van der Waals surface area contributed by atoms with Crippen LogP contribution in [0.25, 0.3) is 22.3 Å². The summed E-state index contributed by atoms with van der Waals surface area (Å²) in [6, 6.07) is 89.5. The molecule has 0 bridgehead atoms. The third kappa shape index (κ3) is 6.63. The van der Waals surface area contributed by atoms with Crippen molar-refractivity contribution in [2.45, 2.75) is 42.9 Å². The predicted molar refractivity (Wildman–Crippen MR) is 303 cm³/mol. The maximum Gasteiger partial charge on any atom is 0.249 e. The van der Waals surface area contributed by atoms with E-state index < -0.39 is 8.07 Å². The third-order valence-corrected chi connectivity index (χ3v) is 21.0. The van der Waals surface area contributed by atoms with Crippen LogP contribution in [0.3, 0.4) is 0 Å². The molecule has 10 aromatic carbocycles. The molecule has 10 aromatic rings. The molecule has 0 atom stereocenters. The minimum absolute atomic E-state index is 0.000605. The largest absolute Gasteiger partial charge is 0.311 e. The number of hydrogen-bond acceptors (Lipinski definition) is 3. The molecule has 334 valence electrons. The Morgan fingerprint density at radius 2 is 1.04 bits per heavy atom. The molecule has 0 N–H and O–H groups in total. The Kier molecular flexibility index (Phi) is 10.1. The Hall–Kier alpha value is -7.57. The number of nitrogens with zero attached hydrogens (tertiary/aromatic N) is 2. The van der Waals surface area contributed by atoms with Gasteiger partial charge in [0.25, 0.3) is 0 Å². The lowest BCUT2D eigenvalue weighted by Gasteiger charge is -2.42. The van der Waals surface area contributed by atoms with Crippen molar-refractivity contribution in [3.8, 4) is 22.3 Å². The summed E-state index contributed by atoms with van der Waals surface area (Å²) >= 11 is 1.93. The zero-order valence-corrected chi connectivity index (χ0v) is 41.7. The zero-order chi connectivity index (χ0) is 47.1. The van der Waals surface area contributed by atoms with Gasteiger partial charge >= 0.3 is 0 Å². The zero-order valence-electron chi connectivity index (χ0n) is 39.9. The van der Waals surface area contributed by atoms with E-state index in [9.17, 15) is 0 Å². The fraction of sp³-hybridized carbons (Fsp3) is 0.0769. The molecular formula is C65H51BN2SSi. The van der Waals surface area contributed by atoms with Crippen molar-refractivity contribution >= 4 is 97.8 Å². The molecule has 2 nitrogen and oxygen atoms in total. The summed E-state index contributed by atoms with van der Waals surface area (Å²) in [6.45, 7) is 9.26. The summed E-state index contributed by atoms with van der Waals surface area (Å²) < 4.78 is 0. The number of hydrogen-bond donors (Lipinski definition) is 0. The first-order valence-electron chi connectivity index (χ1n) is 24.5. The van der Waals surface area contributed by atoms with Crippen molar-refractivity contribution in [2.24, 2.45) is 0 Å². The summed E-state index contributed by atoms with van der Waals surface area (Å²) in [5.74, 6) is 0. The van der Waals surface area contributed by atoms with Gasteiger partial charge in [0.05, 0.1) is 5.69 Å². The van der Waals surface area contributed by atoms with Gasteiger partial charge in [-0.3, -0.25) is 0 Å². The van der Waals surface area contributed by atoms with E-state index in [2.05, 4.69) is 274 Å². The Morgan fingerprint density at radius 1 is 0.443 bits per heavy atom. The van der Waals surface area contributed by atoms with Gasteiger partial charge in [0, 0.05) is 43.8 Å². The highest BCUT2D eigenvalue weighted by atomic mass is 32.2. The van der Waals surface area contributed by atoms with Gasteiger partial charge in [-0.05, 0) is 139 Å². The van der Waals surface area contributed by atoms with Gasteiger partial charge < -0.3 is 9.80 Å². The number of fused-ring (bicyclic) bond motifs is 7. The van der Waals surface area contributed by atoms with Crippen molar-refractivity contribution < 1.29 is 0 Å². The average molecular weight is 931 g/mol. The molecule has 0 saturated heterocycles. The number of para-hydroxylation sites is 2. The van der Waals surface area contributed by atoms with Gasteiger partial charge in [-0.15, -0.1) is 0 Å². The van der Waals surface area contributed by atoms with Crippen molar-refractivity contribution in [3.05, 3.63) is 248 Å². The van der Waals surface area contributed by atoms with E-state index in [0.717, 1.165) is 17.1 Å².